The second kappa shape index (κ2) is 6.40. The van der Waals surface area contributed by atoms with Gasteiger partial charge >= 0.3 is 0 Å². The highest BCUT2D eigenvalue weighted by atomic mass is 79.9. The molecule has 24 heavy (non-hydrogen) atoms. The van der Waals surface area contributed by atoms with Gasteiger partial charge in [-0.3, -0.25) is 9.59 Å². The van der Waals surface area contributed by atoms with E-state index in [0.29, 0.717) is 18.5 Å². The number of halogens is 1. The molecule has 0 unspecified atom stereocenters. The average molecular weight is 387 g/mol. The van der Waals surface area contributed by atoms with Crippen LogP contribution in [0.25, 0.3) is 0 Å². The number of benzene rings is 2. The molecule has 0 saturated heterocycles. The van der Waals surface area contributed by atoms with E-state index in [-0.39, 0.29) is 11.8 Å². The summed E-state index contributed by atoms with van der Waals surface area (Å²) in [6, 6.07) is 13.3. The van der Waals surface area contributed by atoms with E-state index in [4.69, 9.17) is 0 Å². The second-order valence-corrected chi connectivity index (χ2v) is 7.20. The third-order valence-corrected chi connectivity index (χ3v) is 4.92. The van der Waals surface area contributed by atoms with E-state index >= 15 is 0 Å². The Morgan fingerprint density at radius 1 is 0.958 bits per heavy atom. The Labute approximate surface area is 149 Å². The van der Waals surface area contributed by atoms with E-state index in [1.165, 1.54) is 0 Å². The van der Waals surface area contributed by atoms with Crippen LogP contribution in [0.3, 0.4) is 0 Å². The molecule has 0 heterocycles. The molecule has 1 fully saturated rings. The Bertz CT molecular complexity index is 813. The summed E-state index contributed by atoms with van der Waals surface area (Å²) in [7, 11) is 0. The molecule has 1 aliphatic carbocycles. The first-order chi connectivity index (χ1) is 11.4. The van der Waals surface area contributed by atoms with Gasteiger partial charge in [0.05, 0.1) is 5.69 Å². The summed E-state index contributed by atoms with van der Waals surface area (Å²) in [5, 5.41) is 5.74. The molecule has 5 heteroatoms. The van der Waals surface area contributed by atoms with Crippen molar-refractivity contribution in [3.8, 4) is 0 Å². The summed E-state index contributed by atoms with van der Waals surface area (Å²) in [6.45, 7) is 3.94. The second-order valence-electron chi connectivity index (χ2n) is 6.34. The van der Waals surface area contributed by atoms with Gasteiger partial charge in [-0.15, -0.1) is 0 Å². The number of carbonyl (C=O) groups excluding carboxylic acids is 2. The first-order valence-corrected chi connectivity index (χ1v) is 8.66. The fourth-order valence-electron chi connectivity index (χ4n) is 2.62. The van der Waals surface area contributed by atoms with Gasteiger partial charge in [-0.2, -0.15) is 0 Å². The molecule has 0 atom stereocenters. The molecule has 124 valence electrons. The predicted octanol–water partition coefficient (Wildman–Crippen LogP) is 4.42. The molecule has 3 rings (SSSR count). The van der Waals surface area contributed by atoms with Crippen LogP contribution in [0.5, 0.6) is 0 Å². The van der Waals surface area contributed by atoms with E-state index < -0.39 is 5.41 Å². The van der Waals surface area contributed by atoms with Crippen molar-refractivity contribution in [3.05, 3.63) is 58.1 Å². The normalized spacial score (nSPS) is 14.8. The van der Waals surface area contributed by atoms with Gasteiger partial charge in [-0.05, 0) is 78.0 Å². The Balaban J connectivity index is 1.73. The van der Waals surface area contributed by atoms with Gasteiger partial charge < -0.3 is 10.6 Å². The van der Waals surface area contributed by atoms with E-state index in [1.807, 2.05) is 56.3 Å². The first kappa shape index (κ1) is 16.7. The minimum Gasteiger partial charge on any atom is -0.325 e. The molecule has 0 aromatic heterocycles. The number of hydrogen-bond donors (Lipinski definition) is 2. The molecule has 1 saturated carbocycles. The summed E-state index contributed by atoms with van der Waals surface area (Å²) in [5.41, 5.74) is 2.59. The van der Waals surface area contributed by atoms with Crippen LogP contribution in [-0.2, 0) is 9.59 Å². The molecule has 2 amide bonds. The average Bonchev–Trinajstić information content (AvgIpc) is 3.32. The lowest BCUT2D eigenvalue weighted by molar-refractivity contribution is -0.131. The lowest BCUT2D eigenvalue weighted by Gasteiger charge is -2.16. The van der Waals surface area contributed by atoms with Crippen LogP contribution in [0.4, 0.5) is 11.4 Å². The SMILES string of the molecule is Cc1cccc(NC(=O)C2(C(=O)Nc3ccc(C)cc3Br)CC2)c1. The Morgan fingerprint density at radius 3 is 2.25 bits per heavy atom. The van der Waals surface area contributed by atoms with Crippen LogP contribution in [0, 0.1) is 19.3 Å². The maximum absolute atomic E-state index is 12.6. The fourth-order valence-corrected chi connectivity index (χ4v) is 3.21. The predicted molar refractivity (Wildman–Crippen MR) is 99.0 cm³/mol. The molecule has 2 N–H and O–H groups in total. The molecule has 0 aliphatic heterocycles. The zero-order valence-corrected chi connectivity index (χ0v) is 15.2. The van der Waals surface area contributed by atoms with Crippen LogP contribution in [-0.4, -0.2) is 11.8 Å². The largest absolute Gasteiger partial charge is 0.325 e. The molecule has 0 bridgehead atoms. The van der Waals surface area contributed by atoms with E-state index in [9.17, 15) is 9.59 Å². The van der Waals surface area contributed by atoms with Crippen molar-refractivity contribution in [1.29, 1.82) is 0 Å². The topological polar surface area (TPSA) is 58.2 Å². The number of carbonyl (C=O) groups is 2. The van der Waals surface area contributed by atoms with Crippen LogP contribution in [0.1, 0.15) is 24.0 Å². The summed E-state index contributed by atoms with van der Waals surface area (Å²) >= 11 is 3.45. The Hall–Kier alpha value is -2.14. The maximum Gasteiger partial charge on any atom is 0.240 e. The zero-order valence-electron chi connectivity index (χ0n) is 13.7. The highest BCUT2D eigenvalue weighted by Crippen LogP contribution is 2.47. The number of anilines is 2. The Kier molecular flexibility index (Phi) is 4.45. The minimum absolute atomic E-state index is 0.242. The standard InChI is InChI=1S/C19H19BrN2O2/c1-12-4-3-5-14(10-12)21-17(23)19(8-9-19)18(24)22-16-7-6-13(2)11-15(16)20/h3-7,10-11H,8-9H2,1-2H3,(H,21,23)(H,22,24). The molecule has 0 radical (unpaired) electrons. The maximum atomic E-state index is 12.6. The van der Waals surface area contributed by atoms with Crippen molar-refractivity contribution in [3.63, 3.8) is 0 Å². The summed E-state index contributed by atoms with van der Waals surface area (Å²) in [4.78, 5) is 25.2. The van der Waals surface area contributed by atoms with Crippen molar-refractivity contribution in [2.45, 2.75) is 26.7 Å². The number of hydrogen-bond acceptors (Lipinski definition) is 2. The lowest BCUT2D eigenvalue weighted by atomic mass is 10.0. The molecule has 2 aromatic carbocycles. The van der Waals surface area contributed by atoms with E-state index in [1.54, 1.807) is 0 Å². The summed E-state index contributed by atoms with van der Waals surface area (Å²) in [5.74, 6) is -0.494. The molecular weight excluding hydrogens is 368 g/mol. The lowest BCUT2D eigenvalue weighted by Crippen LogP contribution is -2.35. The van der Waals surface area contributed by atoms with Gasteiger partial charge in [0.15, 0.2) is 0 Å². The van der Waals surface area contributed by atoms with Gasteiger partial charge in [0, 0.05) is 10.2 Å². The van der Waals surface area contributed by atoms with Crippen molar-refractivity contribution < 1.29 is 9.59 Å². The van der Waals surface area contributed by atoms with Gasteiger partial charge in [-0.25, -0.2) is 0 Å². The number of nitrogens with one attached hydrogen (secondary N) is 2. The van der Waals surface area contributed by atoms with Crippen LogP contribution < -0.4 is 10.6 Å². The highest BCUT2D eigenvalue weighted by molar-refractivity contribution is 9.10. The van der Waals surface area contributed by atoms with Crippen molar-refractivity contribution in [2.75, 3.05) is 10.6 Å². The third kappa shape index (κ3) is 3.36. The van der Waals surface area contributed by atoms with Crippen molar-refractivity contribution in [2.24, 2.45) is 5.41 Å². The molecule has 4 nitrogen and oxygen atoms in total. The molecular formula is C19H19BrN2O2. The first-order valence-electron chi connectivity index (χ1n) is 7.86. The fraction of sp³-hybridized carbons (Fsp3) is 0.263. The van der Waals surface area contributed by atoms with Crippen molar-refractivity contribution >= 4 is 39.1 Å². The van der Waals surface area contributed by atoms with Crippen LogP contribution in [0.2, 0.25) is 0 Å². The third-order valence-electron chi connectivity index (χ3n) is 4.27. The zero-order chi connectivity index (χ0) is 17.3. The van der Waals surface area contributed by atoms with Crippen LogP contribution >= 0.6 is 15.9 Å². The molecule has 1 aliphatic rings. The number of amides is 2. The summed E-state index contributed by atoms with van der Waals surface area (Å²) < 4.78 is 0.811. The minimum atomic E-state index is -0.964. The van der Waals surface area contributed by atoms with E-state index in [0.717, 1.165) is 21.3 Å². The van der Waals surface area contributed by atoms with Gasteiger partial charge in [0.2, 0.25) is 11.8 Å². The van der Waals surface area contributed by atoms with Gasteiger partial charge in [-0.1, -0.05) is 18.2 Å². The summed E-state index contributed by atoms with van der Waals surface area (Å²) in [6.07, 6.45) is 1.14. The van der Waals surface area contributed by atoms with Gasteiger partial charge in [0.1, 0.15) is 5.41 Å². The smallest absolute Gasteiger partial charge is 0.240 e. The van der Waals surface area contributed by atoms with Gasteiger partial charge in [0.25, 0.3) is 0 Å². The quantitative estimate of drug-likeness (QED) is 0.763. The number of rotatable bonds is 4. The van der Waals surface area contributed by atoms with E-state index in [2.05, 4.69) is 26.6 Å². The highest BCUT2D eigenvalue weighted by Gasteiger charge is 2.56. The molecule has 0 spiro atoms. The monoisotopic (exact) mass is 386 g/mol. The van der Waals surface area contributed by atoms with Crippen molar-refractivity contribution in [1.82, 2.24) is 0 Å². The number of aryl methyl sites for hydroxylation is 2. The van der Waals surface area contributed by atoms with Crippen LogP contribution in [0.15, 0.2) is 46.9 Å². The Morgan fingerprint density at radius 2 is 1.62 bits per heavy atom. The molecule has 2 aromatic rings.